The second-order valence-corrected chi connectivity index (χ2v) is 2.25. The van der Waals surface area contributed by atoms with Crippen LogP contribution >= 0.6 is 0 Å². The molecule has 0 aromatic carbocycles. The summed E-state index contributed by atoms with van der Waals surface area (Å²) in [5.41, 5.74) is 0. The zero-order chi connectivity index (χ0) is 9.40. The topological polar surface area (TPSA) is 29.5 Å². The molecule has 12 heavy (non-hydrogen) atoms. The fourth-order valence-corrected chi connectivity index (χ4v) is 0.767. The van der Waals surface area contributed by atoms with Crippen LogP contribution in [0.15, 0.2) is 0 Å². The zero-order valence-electron chi connectivity index (χ0n) is 7.67. The van der Waals surface area contributed by atoms with Crippen LogP contribution in [-0.2, 0) is 9.53 Å². The monoisotopic (exact) mass is 169 g/mol. The van der Waals surface area contributed by atoms with E-state index >= 15 is 0 Å². The van der Waals surface area contributed by atoms with Gasteiger partial charge in [-0.3, -0.25) is 4.79 Å². The Bertz CT molecular complexity index is 172. The highest BCUT2D eigenvalue weighted by Crippen LogP contribution is 1.89. The van der Waals surface area contributed by atoms with Gasteiger partial charge in [0.15, 0.2) is 0 Å². The predicted octanol–water partition coefficient (Wildman–Crippen LogP) is 0.505. The van der Waals surface area contributed by atoms with E-state index in [1.807, 2.05) is 13.8 Å². The Labute approximate surface area is 73.7 Å². The summed E-state index contributed by atoms with van der Waals surface area (Å²) in [5, 5.41) is 0. The third-order valence-corrected chi connectivity index (χ3v) is 1.45. The summed E-state index contributed by atoms with van der Waals surface area (Å²) < 4.78 is 4.96. The molecular weight excluding hydrogens is 154 g/mol. The number of terminal acetylenes is 1. The van der Waals surface area contributed by atoms with Crippen LogP contribution in [0.4, 0.5) is 0 Å². The minimum atomic E-state index is -0.0442. The molecule has 68 valence electrons. The molecule has 0 radical (unpaired) electrons. The molecule has 3 heteroatoms. The van der Waals surface area contributed by atoms with Crippen molar-refractivity contribution in [1.82, 2.24) is 4.90 Å². The van der Waals surface area contributed by atoms with E-state index in [1.165, 1.54) is 0 Å². The Morgan fingerprint density at radius 3 is 2.67 bits per heavy atom. The second-order valence-electron chi connectivity index (χ2n) is 2.25. The zero-order valence-corrected chi connectivity index (χ0v) is 7.67. The van der Waals surface area contributed by atoms with Gasteiger partial charge in [0.25, 0.3) is 0 Å². The summed E-state index contributed by atoms with van der Waals surface area (Å²) in [7, 11) is 0. The molecule has 0 fully saturated rings. The average Bonchev–Trinajstić information content (AvgIpc) is 2.10. The van der Waals surface area contributed by atoms with Gasteiger partial charge in [-0.05, 0) is 13.8 Å². The van der Waals surface area contributed by atoms with Crippen LogP contribution < -0.4 is 0 Å². The Morgan fingerprint density at radius 1 is 1.58 bits per heavy atom. The van der Waals surface area contributed by atoms with Gasteiger partial charge >= 0.3 is 0 Å². The molecule has 0 unspecified atom stereocenters. The molecule has 1 amide bonds. The number of nitrogens with zero attached hydrogens (tertiary/aromatic N) is 1. The van der Waals surface area contributed by atoms with Gasteiger partial charge in [0.1, 0.15) is 6.61 Å². The quantitative estimate of drug-likeness (QED) is 0.561. The standard InChI is InChI=1S/C9H15NO2/c1-4-7-10(5-2)9(11)8-12-6-3/h1H,5-8H2,2-3H3. The van der Waals surface area contributed by atoms with Crippen molar-refractivity contribution < 1.29 is 9.53 Å². The number of rotatable bonds is 5. The van der Waals surface area contributed by atoms with E-state index in [0.717, 1.165) is 0 Å². The first kappa shape index (κ1) is 11.0. The van der Waals surface area contributed by atoms with Gasteiger partial charge in [-0.15, -0.1) is 6.42 Å². The Morgan fingerprint density at radius 2 is 2.25 bits per heavy atom. The summed E-state index contributed by atoms with van der Waals surface area (Å²) in [6, 6.07) is 0. The molecular formula is C9H15NO2. The summed E-state index contributed by atoms with van der Waals surface area (Å²) >= 11 is 0. The lowest BCUT2D eigenvalue weighted by Crippen LogP contribution is -2.34. The van der Waals surface area contributed by atoms with E-state index in [0.29, 0.717) is 19.7 Å². The number of carbonyl (C=O) groups is 1. The van der Waals surface area contributed by atoms with Gasteiger partial charge in [-0.25, -0.2) is 0 Å². The molecule has 0 aromatic rings. The maximum Gasteiger partial charge on any atom is 0.249 e. The molecule has 0 saturated carbocycles. The number of likely N-dealkylation sites (N-methyl/N-ethyl adjacent to an activating group) is 1. The molecule has 0 aromatic heterocycles. The van der Waals surface area contributed by atoms with Crippen LogP contribution in [-0.4, -0.2) is 37.1 Å². The third-order valence-electron chi connectivity index (χ3n) is 1.45. The highest BCUT2D eigenvalue weighted by molar-refractivity contribution is 5.77. The normalized spacial score (nSPS) is 9.08. The average molecular weight is 169 g/mol. The van der Waals surface area contributed by atoms with Crippen molar-refractivity contribution in [1.29, 1.82) is 0 Å². The molecule has 0 rings (SSSR count). The second kappa shape index (κ2) is 6.68. The summed E-state index contributed by atoms with van der Waals surface area (Å²) in [6.45, 7) is 5.43. The number of carbonyl (C=O) groups excluding carboxylic acids is 1. The Balaban J connectivity index is 3.79. The van der Waals surface area contributed by atoms with E-state index in [2.05, 4.69) is 5.92 Å². The number of hydrogen-bond acceptors (Lipinski definition) is 2. The highest BCUT2D eigenvalue weighted by atomic mass is 16.5. The Kier molecular flexibility index (Phi) is 6.12. The molecule has 0 aliphatic carbocycles. The smallest absolute Gasteiger partial charge is 0.249 e. The van der Waals surface area contributed by atoms with Crippen LogP contribution in [0.3, 0.4) is 0 Å². The third kappa shape index (κ3) is 3.99. The van der Waals surface area contributed by atoms with Crippen LogP contribution in [0.1, 0.15) is 13.8 Å². The summed E-state index contributed by atoms with van der Waals surface area (Å²) in [4.78, 5) is 12.8. The van der Waals surface area contributed by atoms with Gasteiger partial charge in [0.2, 0.25) is 5.91 Å². The largest absolute Gasteiger partial charge is 0.372 e. The maximum absolute atomic E-state index is 11.2. The molecule has 3 nitrogen and oxygen atoms in total. The molecule has 0 atom stereocenters. The fourth-order valence-electron chi connectivity index (χ4n) is 0.767. The number of hydrogen-bond donors (Lipinski definition) is 0. The van der Waals surface area contributed by atoms with E-state index < -0.39 is 0 Å². The first-order valence-corrected chi connectivity index (χ1v) is 4.05. The van der Waals surface area contributed by atoms with E-state index in [9.17, 15) is 4.79 Å². The van der Waals surface area contributed by atoms with E-state index in [1.54, 1.807) is 4.90 Å². The summed E-state index contributed by atoms with van der Waals surface area (Å²) in [6.07, 6.45) is 5.09. The van der Waals surface area contributed by atoms with Crippen molar-refractivity contribution in [2.45, 2.75) is 13.8 Å². The van der Waals surface area contributed by atoms with Gasteiger partial charge in [0, 0.05) is 13.2 Å². The minimum Gasteiger partial charge on any atom is -0.372 e. The highest BCUT2D eigenvalue weighted by Gasteiger charge is 2.08. The first-order valence-electron chi connectivity index (χ1n) is 4.05. The van der Waals surface area contributed by atoms with Crippen LogP contribution in [0.5, 0.6) is 0 Å². The lowest BCUT2D eigenvalue weighted by molar-refractivity contribution is -0.135. The lowest BCUT2D eigenvalue weighted by Gasteiger charge is -2.17. The molecule has 0 spiro atoms. The lowest BCUT2D eigenvalue weighted by atomic mass is 10.4. The fraction of sp³-hybridized carbons (Fsp3) is 0.667. The van der Waals surface area contributed by atoms with Crippen molar-refractivity contribution >= 4 is 5.91 Å². The van der Waals surface area contributed by atoms with Gasteiger partial charge < -0.3 is 9.64 Å². The van der Waals surface area contributed by atoms with E-state index in [-0.39, 0.29) is 12.5 Å². The van der Waals surface area contributed by atoms with Crippen molar-refractivity contribution in [3.05, 3.63) is 0 Å². The summed E-state index contributed by atoms with van der Waals surface area (Å²) in [5.74, 6) is 2.38. The molecule has 0 aliphatic heterocycles. The number of ether oxygens (including phenoxy) is 1. The Hall–Kier alpha value is -1.01. The minimum absolute atomic E-state index is 0.0442. The van der Waals surface area contributed by atoms with Crippen molar-refractivity contribution in [3.8, 4) is 12.3 Å². The SMILES string of the molecule is C#CCN(CC)C(=O)COCC. The predicted molar refractivity (Wildman–Crippen MR) is 47.6 cm³/mol. The maximum atomic E-state index is 11.2. The number of amides is 1. The molecule has 0 heterocycles. The van der Waals surface area contributed by atoms with Crippen LogP contribution in [0.25, 0.3) is 0 Å². The van der Waals surface area contributed by atoms with Crippen molar-refractivity contribution in [2.24, 2.45) is 0 Å². The molecule has 0 aliphatic rings. The van der Waals surface area contributed by atoms with Crippen LogP contribution in [0.2, 0.25) is 0 Å². The molecule has 0 bridgehead atoms. The van der Waals surface area contributed by atoms with Gasteiger partial charge in [-0.2, -0.15) is 0 Å². The van der Waals surface area contributed by atoms with Crippen molar-refractivity contribution in [3.63, 3.8) is 0 Å². The first-order chi connectivity index (χ1) is 5.76. The van der Waals surface area contributed by atoms with Gasteiger partial charge in [0.05, 0.1) is 6.54 Å². The van der Waals surface area contributed by atoms with Gasteiger partial charge in [-0.1, -0.05) is 5.92 Å². The molecule has 0 saturated heterocycles. The van der Waals surface area contributed by atoms with Crippen LogP contribution in [0, 0.1) is 12.3 Å². The van der Waals surface area contributed by atoms with Crippen molar-refractivity contribution in [2.75, 3.05) is 26.3 Å². The van der Waals surface area contributed by atoms with E-state index in [4.69, 9.17) is 11.2 Å². The molecule has 0 N–H and O–H groups in total.